The maximum atomic E-state index is 13.7. The highest BCUT2D eigenvalue weighted by molar-refractivity contribution is 5.78. The number of hydrogen-bond acceptors (Lipinski definition) is 9. The van der Waals surface area contributed by atoms with E-state index in [1.54, 1.807) is 4.57 Å². The second kappa shape index (κ2) is 14.2. The van der Waals surface area contributed by atoms with Gasteiger partial charge in [0.2, 0.25) is 0 Å². The molecule has 1 saturated heterocycles. The molecule has 0 bridgehead atoms. The second-order valence-electron chi connectivity index (χ2n) is 8.83. The third-order valence-corrected chi connectivity index (χ3v) is 6.38. The van der Waals surface area contributed by atoms with Crippen molar-refractivity contribution in [3.8, 4) is 11.4 Å². The van der Waals surface area contributed by atoms with Crippen LogP contribution in [0.5, 0.6) is 5.75 Å². The summed E-state index contributed by atoms with van der Waals surface area (Å²) in [7, 11) is 0. The molecule has 1 aliphatic heterocycles. The number of nitrogens with two attached hydrogens (primary N) is 1. The number of aromatic nitrogens is 2. The van der Waals surface area contributed by atoms with Crippen LogP contribution in [0.3, 0.4) is 0 Å². The first-order valence-corrected chi connectivity index (χ1v) is 12.9. The van der Waals surface area contributed by atoms with Crippen LogP contribution < -0.4 is 21.3 Å². The van der Waals surface area contributed by atoms with Crippen LogP contribution in [0.2, 0.25) is 0 Å². The number of hydrogen-bond donors (Lipinski definition) is 2. The van der Waals surface area contributed by atoms with Gasteiger partial charge in [-0.2, -0.15) is 0 Å². The molecular formula is C27H38N6O4. The summed E-state index contributed by atoms with van der Waals surface area (Å²) in [6, 6.07) is 15.2. The number of rotatable bonds is 14. The van der Waals surface area contributed by atoms with Crippen LogP contribution in [0.15, 0.2) is 53.3 Å². The summed E-state index contributed by atoms with van der Waals surface area (Å²) in [5.74, 6) is 1.40. The van der Waals surface area contributed by atoms with Crippen molar-refractivity contribution in [3.63, 3.8) is 0 Å². The van der Waals surface area contributed by atoms with Crippen LogP contribution in [-0.4, -0.2) is 91.9 Å². The lowest BCUT2D eigenvalue weighted by Crippen LogP contribution is -2.48. The molecule has 0 unspecified atom stereocenters. The molecule has 4 rings (SSSR count). The predicted octanol–water partition coefficient (Wildman–Crippen LogP) is 1.40. The Bertz CT molecular complexity index is 1180. The monoisotopic (exact) mass is 510 g/mol. The zero-order valence-corrected chi connectivity index (χ0v) is 21.6. The summed E-state index contributed by atoms with van der Waals surface area (Å²) in [5, 5.41) is 3.90. The second-order valence-corrected chi connectivity index (χ2v) is 8.83. The van der Waals surface area contributed by atoms with Crippen molar-refractivity contribution in [1.29, 1.82) is 0 Å². The van der Waals surface area contributed by atoms with Gasteiger partial charge in [-0.15, -0.1) is 0 Å². The molecule has 0 spiro atoms. The van der Waals surface area contributed by atoms with E-state index in [0.717, 1.165) is 50.8 Å². The van der Waals surface area contributed by atoms with Gasteiger partial charge in [-0.05, 0) is 31.2 Å². The highest BCUT2D eigenvalue weighted by atomic mass is 16.5. The molecule has 10 heteroatoms. The molecule has 0 atom stereocenters. The van der Waals surface area contributed by atoms with Crippen LogP contribution in [-0.2, 0) is 16.0 Å². The van der Waals surface area contributed by atoms with Crippen LogP contribution >= 0.6 is 0 Å². The van der Waals surface area contributed by atoms with Crippen LogP contribution in [0.25, 0.3) is 16.6 Å². The van der Waals surface area contributed by atoms with Gasteiger partial charge < -0.3 is 19.9 Å². The predicted molar refractivity (Wildman–Crippen MR) is 144 cm³/mol. The number of ether oxygens (including phenoxy) is 3. The van der Waals surface area contributed by atoms with E-state index in [2.05, 4.69) is 15.1 Å². The van der Waals surface area contributed by atoms with Crippen molar-refractivity contribution in [2.45, 2.75) is 13.5 Å². The average molecular weight is 511 g/mol. The smallest absolute Gasteiger partial charge is 0.266 e. The number of para-hydroxylation sites is 3. The minimum atomic E-state index is -0.0747. The molecule has 0 amide bonds. The van der Waals surface area contributed by atoms with E-state index in [9.17, 15) is 4.79 Å². The van der Waals surface area contributed by atoms with E-state index < -0.39 is 0 Å². The third kappa shape index (κ3) is 7.35. The van der Waals surface area contributed by atoms with Crippen molar-refractivity contribution in [2.24, 2.45) is 5.73 Å². The molecule has 1 fully saturated rings. The average Bonchev–Trinajstić information content (AvgIpc) is 2.92. The minimum absolute atomic E-state index is 0.0747. The normalized spacial score (nSPS) is 14.9. The van der Waals surface area contributed by atoms with E-state index in [0.29, 0.717) is 49.7 Å². The topological polar surface area (TPSA) is 107 Å². The zero-order chi connectivity index (χ0) is 25.9. The fourth-order valence-corrected chi connectivity index (χ4v) is 4.48. The van der Waals surface area contributed by atoms with Gasteiger partial charge in [0, 0.05) is 39.3 Å². The zero-order valence-electron chi connectivity index (χ0n) is 21.6. The quantitative estimate of drug-likeness (QED) is 0.246. The molecule has 10 nitrogen and oxygen atoms in total. The molecule has 37 heavy (non-hydrogen) atoms. The van der Waals surface area contributed by atoms with Gasteiger partial charge in [0.1, 0.15) is 11.6 Å². The lowest BCUT2D eigenvalue weighted by Gasteiger charge is -2.34. The molecule has 0 saturated carbocycles. The Morgan fingerprint density at radius 3 is 2.51 bits per heavy atom. The van der Waals surface area contributed by atoms with Crippen LogP contribution in [0.1, 0.15) is 12.7 Å². The van der Waals surface area contributed by atoms with E-state index in [1.165, 1.54) is 0 Å². The molecule has 200 valence electrons. The van der Waals surface area contributed by atoms with Crippen molar-refractivity contribution in [3.05, 3.63) is 64.7 Å². The lowest BCUT2D eigenvalue weighted by atomic mass is 10.2. The number of nitrogens with one attached hydrogen (secondary N) is 1. The summed E-state index contributed by atoms with van der Waals surface area (Å²) < 4.78 is 18.1. The van der Waals surface area contributed by atoms with Gasteiger partial charge in [0.25, 0.3) is 5.56 Å². The third-order valence-electron chi connectivity index (χ3n) is 6.38. The van der Waals surface area contributed by atoms with Gasteiger partial charge >= 0.3 is 0 Å². The summed E-state index contributed by atoms with van der Waals surface area (Å²) in [6.45, 7) is 10.4. The molecule has 0 radical (unpaired) electrons. The van der Waals surface area contributed by atoms with Crippen molar-refractivity contribution < 1.29 is 14.2 Å². The Morgan fingerprint density at radius 2 is 1.70 bits per heavy atom. The SMILES string of the molecule is CCOc1ccccc1-n1c(CN2CCN(CCNCOCCOCN)CC2)nc2ccccc2c1=O. The largest absolute Gasteiger partial charge is 0.492 e. The summed E-state index contributed by atoms with van der Waals surface area (Å²) in [5.41, 5.74) is 6.65. The highest BCUT2D eigenvalue weighted by Gasteiger charge is 2.21. The molecule has 2 aromatic carbocycles. The maximum Gasteiger partial charge on any atom is 0.266 e. The van der Waals surface area contributed by atoms with Crippen LogP contribution in [0.4, 0.5) is 0 Å². The van der Waals surface area contributed by atoms with E-state index >= 15 is 0 Å². The van der Waals surface area contributed by atoms with Gasteiger partial charge in [0.15, 0.2) is 0 Å². The Labute approximate surface area is 217 Å². The Kier molecular flexibility index (Phi) is 10.4. The summed E-state index contributed by atoms with van der Waals surface area (Å²) in [6.07, 6.45) is 0. The van der Waals surface area contributed by atoms with Crippen LogP contribution in [0, 0.1) is 0 Å². The van der Waals surface area contributed by atoms with E-state index in [1.807, 2.05) is 55.5 Å². The standard InChI is InChI=1S/C27H38N6O4/c1-2-37-25-10-6-5-9-24(25)33-26(30-23-8-4-3-7-22(23)27(33)34)19-32-15-13-31(14-16-32)12-11-29-21-36-18-17-35-20-28/h3-10,29H,2,11-21,28H2,1H3. The van der Waals surface area contributed by atoms with Gasteiger partial charge in [-0.25, -0.2) is 4.98 Å². The number of benzene rings is 2. The van der Waals surface area contributed by atoms with Crippen molar-refractivity contribution in [2.75, 3.05) is 72.6 Å². The molecular weight excluding hydrogens is 472 g/mol. The highest BCUT2D eigenvalue weighted by Crippen LogP contribution is 2.24. The Morgan fingerprint density at radius 1 is 0.973 bits per heavy atom. The number of nitrogens with zero attached hydrogens (tertiary/aromatic N) is 4. The summed E-state index contributed by atoms with van der Waals surface area (Å²) in [4.78, 5) is 23.4. The first kappa shape index (κ1) is 27.2. The molecule has 2 heterocycles. The molecule has 3 N–H and O–H groups in total. The van der Waals surface area contributed by atoms with Gasteiger partial charge in [-0.3, -0.25) is 24.5 Å². The fourth-order valence-electron chi connectivity index (χ4n) is 4.48. The minimum Gasteiger partial charge on any atom is -0.492 e. The molecule has 1 aromatic heterocycles. The van der Waals surface area contributed by atoms with E-state index in [4.69, 9.17) is 24.9 Å². The molecule has 0 aliphatic carbocycles. The lowest BCUT2D eigenvalue weighted by molar-refractivity contribution is 0.0413. The van der Waals surface area contributed by atoms with Gasteiger partial charge in [0.05, 0.1) is 56.4 Å². The Balaban J connectivity index is 1.40. The Hall–Kier alpha value is -2.86. The molecule has 1 aliphatic rings. The fraction of sp³-hybridized carbons (Fsp3) is 0.481. The summed E-state index contributed by atoms with van der Waals surface area (Å²) >= 11 is 0. The number of piperazine rings is 1. The first-order chi connectivity index (χ1) is 18.2. The van der Waals surface area contributed by atoms with Gasteiger partial charge in [-0.1, -0.05) is 24.3 Å². The van der Waals surface area contributed by atoms with Crippen molar-refractivity contribution in [1.82, 2.24) is 24.7 Å². The van der Waals surface area contributed by atoms with E-state index in [-0.39, 0.29) is 12.3 Å². The molecule has 3 aromatic rings. The number of fused-ring (bicyclic) bond motifs is 1. The maximum absolute atomic E-state index is 13.7. The first-order valence-electron chi connectivity index (χ1n) is 12.9. The van der Waals surface area contributed by atoms with Crippen molar-refractivity contribution >= 4 is 10.9 Å².